The van der Waals surface area contributed by atoms with Crippen LogP contribution in [0, 0.1) is 0 Å². The lowest BCUT2D eigenvalue weighted by atomic mass is 9.87. The van der Waals surface area contributed by atoms with Crippen LogP contribution in [-0.4, -0.2) is 0 Å². The molecule has 0 N–H and O–H groups in total. The molecule has 0 aliphatic heterocycles. The zero-order valence-corrected chi connectivity index (χ0v) is 9.17. The normalized spacial score (nSPS) is 9.85. The summed E-state index contributed by atoms with van der Waals surface area (Å²) >= 11 is 0. The van der Waals surface area contributed by atoms with E-state index in [1.807, 2.05) is 6.92 Å². The first-order chi connectivity index (χ1) is 6.02. The summed E-state index contributed by atoms with van der Waals surface area (Å²) in [6.45, 7) is 11.9. The van der Waals surface area contributed by atoms with Crippen LogP contribution in [0.3, 0.4) is 0 Å². The van der Waals surface area contributed by atoms with Gasteiger partial charge in [0.2, 0.25) is 0 Å². The molecular formula is C13H20. The fourth-order valence-electron chi connectivity index (χ4n) is 0.938. The van der Waals surface area contributed by atoms with Crippen LogP contribution < -0.4 is 0 Å². The maximum atomic E-state index is 3.36. The van der Waals surface area contributed by atoms with Crippen molar-refractivity contribution >= 4 is 0 Å². The Morgan fingerprint density at radius 1 is 1.08 bits per heavy atom. The fourth-order valence-corrected chi connectivity index (χ4v) is 0.938. The molecule has 1 rings (SSSR count). The molecule has 0 fully saturated rings. The van der Waals surface area contributed by atoms with E-state index in [0.717, 1.165) is 0 Å². The SMILES string of the molecule is C=CC.CC(C)(C)c1ccccc1. The lowest BCUT2D eigenvalue weighted by Crippen LogP contribution is -2.10. The topological polar surface area (TPSA) is 0 Å². The van der Waals surface area contributed by atoms with Gasteiger partial charge in [-0.05, 0) is 17.9 Å². The summed E-state index contributed by atoms with van der Waals surface area (Å²) in [6.07, 6.45) is 1.75. The molecule has 0 unspecified atom stereocenters. The largest absolute Gasteiger partial charge is 0.103 e. The Hall–Kier alpha value is -1.04. The van der Waals surface area contributed by atoms with Gasteiger partial charge in [0.15, 0.2) is 0 Å². The van der Waals surface area contributed by atoms with Gasteiger partial charge in [0.05, 0.1) is 0 Å². The van der Waals surface area contributed by atoms with Gasteiger partial charge in [-0.25, -0.2) is 0 Å². The highest BCUT2D eigenvalue weighted by molar-refractivity contribution is 5.21. The molecule has 0 saturated heterocycles. The molecule has 0 aliphatic carbocycles. The Kier molecular flexibility index (Phi) is 5.13. The molecule has 0 atom stereocenters. The van der Waals surface area contributed by atoms with Gasteiger partial charge < -0.3 is 0 Å². The van der Waals surface area contributed by atoms with Crippen molar-refractivity contribution < 1.29 is 0 Å². The number of hydrogen-bond acceptors (Lipinski definition) is 0. The van der Waals surface area contributed by atoms with Crippen LogP contribution in [0.15, 0.2) is 43.0 Å². The molecule has 0 aromatic heterocycles. The summed E-state index contributed by atoms with van der Waals surface area (Å²) < 4.78 is 0. The molecule has 0 saturated carbocycles. The second kappa shape index (κ2) is 5.58. The lowest BCUT2D eigenvalue weighted by Gasteiger charge is -2.18. The Balaban J connectivity index is 0.000000424. The minimum atomic E-state index is 0.293. The number of hydrogen-bond donors (Lipinski definition) is 0. The number of rotatable bonds is 0. The molecule has 0 heteroatoms. The number of benzene rings is 1. The fraction of sp³-hybridized carbons (Fsp3) is 0.385. The second-order valence-corrected chi connectivity index (χ2v) is 4.02. The van der Waals surface area contributed by atoms with Gasteiger partial charge in [-0.2, -0.15) is 0 Å². The summed E-state index contributed by atoms with van der Waals surface area (Å²) in [5.41, 5.74) is 1.69. The van der Waals surface area contributed by atoms with Crippen LogP contribution in [0.2, 0.25) is 0 Å². The molecule has 1 aromatic carbocycles. The lowest BCUT2D eigenvalue weighted by molar-refractivity contribution is 0.590. The van der Waals surface area contributed by atoms with Gasteiger partial charge in [0, 0.05) is 0 Å². The van der Waals surface area contributed by atoms with Crippen molar-refractivity contribution in [2.24, 2.45) is 0 Å². The van der Waals surface area contributed by atoms with Crippen LogP contribution >= 0.6 is 0 Å². The van der Waals surface area contributed by atoms with Gasteiger partial charge in [-0.1, -0.05) is 57.2 Å². The standard InChI is InChI=1S/C10H14.C3H6/c1-10(2,3)9-7-5-4-6-8-9;1-3-2/h4-8H,1-3H3;3H,1H2,2H3. The van der Waals surface area contributed by atoms with Crippen molar-refractivity contribution in [1.82, 2.24) is 0 Å². The monoisotopic (exact) mass is 176 g/mol. The molecule has 13 heavy (non-hydrogen) atoms. The average Bonchev–Trinajstić information content (AvgIpc) is 2.06. The van der Waals surface area contributed by atoms with Crippen LogP contribution in [0.25, 0.3) is 0 Å². The second-order valence-electron chi connectivity index (χ2n) is 4.02. The van der Waals surface area contributed by atoms with Crippen molar-refractivity contribution in [3.05, 3.63) is 48.6 Å². The van der Waals surface area contributed by atoms with E-state index < -0.39 is 0 Å². The molecular weight excluding hydrogens is 156 g/mol. The molecule has 0 heterocycles. The third-order valence-corrected chi connectivity index (χ3v) is 1.64. The summed E-state index contributed by atoms with van der Waals surface area (Å²) in [5, 5.41) is 0. The van der Waals surface area contributed by atoms with Crippen LogP contribution in [-0.2, 0) is 5.41 Å². The minimum Gasteiger partial charge on any atom is -0.103 e. The van der Waals surface area contributed by atoms with E-state index in [0.29, 0.717) is 5.41 Å². The van der Waals surface area contributed by atoms with E-state index in [9.17, 15) is 0 Å². The highest BCUT2D eigenvalue weighted by Gasteiger charge is 2.11. The van der Waals surface area contributed by atoms with Crippen molar-refractivity contribution in [1.29, 1.82) is 0 Å². The molecule has 72 valence electrons. The van der Waals surface area contributed by atoms with Crippen molar-refractivity contribution in [2.45, 2.75) is 33.1 Å². The average molecular weight is 176 g/mol. The highest BCUT2D eigenvalue weighted by Crippen LogP contribution is 2.20. The first kappa shape index (κ1) is 12.0. The maximum Gasteiger partial charge on any atom is -0.0132 e. The molecule has 0 amide bonds. The van der Waals surface area contributed by atoms with E-state index in [1.54, 1.807) is 6.08 Å². The molecule has 1 aromatic rings. The van der Waals surface area contributed by atoms with E-state index in [2.05, 4.69) is 57.7 Å². The molecule has 0 bridgehead atoms. The summed E-state index contributed by atoms with van der Waals surface area (Å²) in [6, 6.07) is 10.6. The maximum absolute atomic E-state index is 3.36. The third-order valence-electron chi connectivity index (χ3n) is 1.64. The minimum absolute atomic E-state index is 0.293. The van der Waals surface area contributed by atoms with E-state index >= 15 is 0 Å². The predicted octanol–water partition coefficient (Wildman–Crippen LogP) is 4.18. The van der Waals surface area contributed by atoms with E-state index in [4.69, 9.17) is 0 Å². The molecule has 0 radical (unpaired) electrons. The van der Waals surface area contributed by atoms with E-state index in [-0.39, 0.29) is 0 Å². The van der Waals surface area contributed by atoms with Crippen LogP contribution in [0.1, 0.15) is 33.3 Å². The first-order valence-electron chi connectivity index (χ1n) is 4.65. The van der Waals surface area contributed by atoms with Crippen molar-refractivity contribution in [2.75, 3.05) is 0 Å². The van der Waals surface area contributed by atoms with Gasteiger partial charge in [-0.15, -0.1) is 6.58 Å². The predicted molar refractivity (Wildman–Crippen MR) is 61.0 cm³/mol. The molecule has 0 nitrogen and oxygen atoms in total. The third kappa shape index (κ3) is 5.24. The van der Waals surface area contributed by atoms with Crippen LogP contribution in [0.5, 0.6) is 0 Å². The van der Waals surface area contributed by atoms with Crippen molar-refractivity contribution in [3.63, 3.8) is 0 Å². The summed E-state index contributed by atoms with van der Waals surface area (Å²) in [5.74, 6) is 0. The quantitative estimate of drug-likeness (QED) is 0.520. The first-order valence-corrected chi connectivity index (χ1v) is 4.65. The molecule has 0 spiro atoms. The Bertz CT molecular complexity index is 226. The highest BCUT2D eigenvalue weighted by atomic mass is 14.2. The Labute approximate surface area is 82.3 Å². The summed E-state index contributed by atoms with van der Waals surface area (Å²) in [7, 11) is 0. The van der Waals surface area contributed by atoms with Gasteiger partial charge in [0.1, 0.15) is 0 Å². The Morgan fingerprint density at radius 3 is 1.69 bits per heavy atom. The van der Waals surface area contributed by atoms with Crippen LogP contribution in [0.4, 0.5) is 0 Å². The van der Waals surface area contributed by atoms with E-state index in [1.165, 1.54) is 5.56 Å². The van der Waals surface area contributed by atoms with Gasteiger partial charge in [0.25, 0.3) is 0 Å². The molecule has 0 aliphatic rings. The summed E-state index contributed by atoms with van der Waals surface area (Å²) in [4.78, 5) is 0. The Morgan fingerprint density at radius 2 is 1.46 bits per heavy atom. The van der Waals surface area contributed by atoms with Crippen molar-refractivity contribution in [3.8, 4) is 0 Å². The smallest absolute Gasteiger partial charge is 0.0132 e. The number of allylic oxidation sites excluding steroid dienone is 1. The van der Waals surface area contributed by atoms with Gasteiger partial charge >= 0.3 is 0 Å². The van der Waals surface area contributed by atoms with Gasteiger partial charge in [-0.3, -0.25) is 0 Å². The zero-order valence-electron chi connectivity index (χ0n) is 9.17. The zero-order chi connectivity index (χ0) is 10.3.